The van der Waals surface area contributed by atoms with Gasteiger partial charge in [0, 0.05) is 13.1 Å². The minimum atomic E-state index is -0.136. The molecule has 0 aliphatic carbocycles. The van der Waals surface area contributed by atoms with Crippen molar-refractivity contribution in [3.8, 4) is 0 Å². The average Bonchev–Trinajstić information content (AvgIpc) is 2.74. The zero-order chi connectivity index (χ0) is 13.8. The zero-order valence-electron chi connectivity index (χ0n) is 11.7. The van der Waals surface area contributed by atoms with E-state index in [1.165, 1.54) is 0 Å². The van der Waals surface area contributed by atoms with Gasteiger partial charge in [0.2, 0.25) is 5.82 Å². The normalized spacial score (nSPS) is 11.6. The largest absolute Gasteiger partial charge is 0.335 e. The number of carbonyl (C=O) groups is 1. The Bertz CT molecular complexity index is 399. The molecule has 0 aliphatic rings. The van der Waals surface area contributed by atoms with Crippen LogP contribution in [0.3, 0.4) is 0 Å². The molecule has 0 atom stereocenters. The number of aromatic nitrogens is 3. The van der Waals surface area contributed by atoms with Crippen LogP contribution in [-0.2, 0) is 0 Å². The summed E-state index contributed by atoms with van der Waals surface area (Å²) in [7, 11) is 0. The molecule has 1 amide bonds. The van der Waals surface area contributed by atoms with E-state index in [2.05, 4.69) is 15.2 Å². The average molecular weight is 253 g/mol. The summed E-state index contributed by atoms with van der Waals surface area (Å²) in [5, 5.41) is 6.61. The summed E-state index contributed by atoms with van der Waals surface area (Å²) < 4.78 is 0. The van der Waals surface area contributed by atoms with E-state index in [9.17, 15) is 4.79 Å². The van der Waals surface area contributed by atoms with Gasteiger partial charge < -0.3 is 10.6 Å². The molecule has 0 aromatic carbocycles. The number of amides is 1. The van der Waals surface area contributed by atoms with Gasteiger partial charge >= 0.3 is 0 Å². The molecule has 0 radical (unpaired) electrons. The van der Waals surface area contributed by atoms with E-state index < -0.39 is 0 Å². The van der Waals surface area contributed by atoms with Gasteiger partial charge in [-0.2, -0.15) is 0 Å². The van der Waals surface area contributed by atoms with Gasteiger partial charge in [-0.25, -0.2) is 4.98 Å². The number of hydrogen-bond donors (Lipinski definition) is 2. The number of aryl methyl sites for hydroxylation is 1. The molecule has 6 nitrogen and oxygen atoms in total. The van der Waals surface area contributed by atoms with E-state index in [0.29, 0.717) is 25.5 Å². The molecule has 0 saturated carbocycles. The summed E-state index contributed by atoms with van der Waals surface area (Å²) in [4.78, 5) is 18.1. The minimum absolute atomic E-state index is 0.101. The fourth-order valence-electron chi connectivity index (χ4n) is 1.68. The Labute approximate surface area is 108 Å². The highest BCUT2D eigenvalue weighted by atomic mass is 16.2. The molecule has 0 spiro atoms. The van der Waals surface area contributed by atoms with Crippen LogP contribution in [-0.4, -0.2) is 45.6 Å². The third kappa shape index (κ3) is 3.80. The van der Waals surface area contributed by atoms with Crippen LogP contribution < -0.4 is 5.73 Å². The maximum absolute atomic E-state index is 12.3. The van der Waals surface area contributed by atoms with Gasteiger partial charge in [-0.1, -0.05) is 20.8 Å². The van der Waals surface area contributed by atoms with Gasteiger partial charge in [-0.15, -0.1) is 5.10 Å². The van der Waals surface area contributed by atoms with E-state index in [-0.39, 0.29) is 17.1 Å². The lowest BCUT2D eigenvalue weighted by Crippen LogP contribution is -2.42. The maximum Gasteiger partial charge on any atom is 0.293 e. The molecule has 0 aliphatic heterocycles. The molecule has 1 aromatic heterocycles. The van der Waals surface area contributed by atoms with E-state index in [1.807, 2.05) is 20.8 Å². The van der Waals surface area contributed by atoms with E-state index >= 15 is 0 Å². The van der Waals surface area contributed by atoms with Crippen LogP contribution in [0.15, 0.2) is 0 Å². The summed E-state index contributed by atoms with van der Waals surface area (Å²) in [6, 6.07) is 0. The highest BCUT2D eigenvalue weighted by molar-refractivity contribution is 5.90. The van der Waals surface area contributed by atoms with Gasteiger partial charge in [0.25, 0.3) is 5.91 Å². The second-order valence-electron chi connectivity index (χ2n) is 5.34. The Morgan fingerprint density at radius 3 is 2.61 bits per heavy atom. The van der Waals surface area contributed by atoms with E-state index in [0.717, 1.165) is 6.42 Å². The highest BCUT2D eigenvalue weighted by Gasteiger charge is 2.26. The Balaban J connectivity index is 2.81. The molecule has 1 rings (SSSR count). The van der Waals surface area contributed by atoms with Gasteiger partial charge in [0.15, 0.2) is 0 Å². The molecular formula is C12H23N5O. The first-order valence-electron chi connectivity index (χ1n) is 6.28. The molecule has 1 aromatic rings. The van der Waals surface area contributed by atoms with Crippen molar-refractivity contribution in [2.75, 3.05) is 19.6 Å². The second kappa shape index (κ2) is 5.95. The van der Waals surface area contributed by atoms with Crippen LogP contribution in [0.5, 0.6) is 0 Å². The lowest BCUT2D eigenvalue weighted by atomic mass is 9.93. The number of hydrogen-bond acceptors (Lipinski definition) is 4. The van der Waals surface area contributed by atoms with Gasteiger partial charge in [0.1, 0.15) is 5.82 Å². The standard InChI is InChI=1S/C12H23N5O/c1-5-6-17(8-12(3,4)7-13)11(18)10-14-9(2)15-16-10/h5-8,13H2,1-4H3,(H,14,15,16). The van der Waals surface area contributed by atoms with Crippen LogP contribution in [0, 0.1) is 12.3 Å². The quantitative estimate of drug-likeness (QED) is 0.790. The SMILES string of the molecule is CCCN(CC(C)(C)CN)C(=O)c1n[nH]c(C)n1. The van der Waals surface area contributed by atoms with Crippen LogP contribution in [0.1, 0.15) is 43.6 Å². The molecule has 0 bridgehead atoms. The topological polar surface area (TPSA) is 87.9 Å². The van der Waals surface area contributed by atoms with Crippen LogP contribution in [0.2, 0.25) is 0 Å². The van der Waals surface area contributed by atoms with Crippen LogP contribution in [0.4, 0.5) is 0 Å². The van der Waals surface area contributed by atoms with Crippen LogP contribution in [0.25, 0.3) is 0 Å². The van der Waals surface area contributed by atoms with Crippen molar-refractivity contribution in [3.05, 3.63) is 11.6 Å². The molecule has 0 unspecified atom stereocenters. The second-order valence-corrected chi connectivity index (χ2v) is 5.34. The van der Waals surface area contributed by atoms with E-state index in [4.69, 9.17) is 5.73 Å². The fourth-order valence-corrected chi connectivity index (χ4v) is 1.68. The number of nitrogens with zero attached hydrogens (tertiary/aromatic N) is 3. The Morgan fingerprint density at radius 2 is 2.17 bits per heavy atom. The molecule has 102 valence electrons. The Morgan fingerprint density at radius 1 is 1.50 bits per heavy atom. The first-order chi connectivity index (χ1) is 8.39. The first kappa shape index (κ1) is 14.6. The van der Waals surface area contributed by atoms with Crippen molar-refractivity contribution in [3.63, 3.8) is 0 Å². The molecule has 1 heterocycles. The van der Waals surface area contributed by atoms with Crippen molar-refractivity contribution in [2.45, 2.75) is 34.1 Å². The monoisotopic (exact) mass is 253 g/mol. The smallest absolute Gasteiger partial charge is 0.293 e. The van der Waals surface area contributed by atoms with Crippen molar-refractivity contribution in [1.82, 2.24) is 20.1 Å². The zero-order valence-corrected chi connectivity index (χ0v) is 11.7. The first-order valence-corrected chi connectivity index (χ1v) is 6.28. The van der Waals surface area contributed by atoms with Crippen molar-refractivity contribution in [1.29, 1.82) is 0 Å². The molecule has 0 saturated heterocycles. The Hall–Kier alpha value is -1.43. The summed E-state index contributed by atoms with van der Waals surface area (Å²) >= 11 is 0. The van der Waals surface area contributed by atoms with Gasteiger partial charge in [0.05, 0.1) is 0 Å². The number of rotatable bonds is 6. The number of H-pyrrole nitrogens is 1. The van der Waals surface area contributed by atoms with Crippen molar-refractivity contribution < 1.29 is 4.79 Å². The molecule has 3 N–H and O–H groups in total. The number of nitrogens with two attached hydrogens (primary N) is 1. The summed E-state index contributed by atoms with van der Waals surface area (Å²) in [5.74, 6) is 0.740. The predicted molar refractivity (Wildman–Crippen MR) is 70.1 cm³/mol. The van der Waals surface area contributed by atoms with Gasteiger partial charge in [-0.3, -0.25) is 9.89 Å². The molecule has 6 heteroatoms. The van der Waals surface area contributed by atoms with Crippen molar-refractivity contribution in [2.24, 2.45) is 11.1 Å². The van der Waals surface area contributed by atoms with Crippen molar-refractivity contribution >= 4 is 5.91 Å². The lowest BCUT2D eigenvalue weighted by molar-refractivity contribution is 0.0677. The lowest BCUT2D eigenvalue weighted by Gasteiger charge is -2.31. The third-order valence-electron chi connectivity index (χ3n) is 2.74. The molecular weight excluding hydrogens is 230 g/mol. The number of nitrogens with one attached hydrogen (secondary N) is 1. The fraction of sp³-hybridized carbons (Fsp3) is 0.750. The summed E-state index contributed by atoms with van der Waals surface area (Å²) in [6.07, 6.45) is 0.899. The maximum atomic E-state index is 12.3. The molecule has 0 fully saturated rings. The number of carbonyl (C=O) groups excluding carboxylic acids is 1. The van der Waals surface area contributed by atoms with E-state index in [1.54, 1.807) is 11.8 Å². The Kier molecular flexibility index (Phi) is 4.84. The van der Waals surface area contributed by atoms with Gasteiger partial charge in [-0.05, 0) is 25.3 Å². The molecule has 18 heavy (non-hydrogen) atoms. The highest BCUT2D eigenvalue weighted by Crippen LogP contribution is 2.16. The summed E-state index contributed by atoms with van der Waals surface area (Å²) in [6.45, 7) is 9.75. The summed E-state index contributed by atoms with van der Waals surface area (Å²) in [5.41, 5.74) is 5.62. The third-order valence-corrected chi connectivity index (χ3v) is 2.74. The number of aromatic amines is 1. The predicted octanol–water partition coefficient (Wildman–Crippen LogP) is 0.950. The van der Waals surface area contributed by atoms with Crippen LogP contribution >= 0.6 is 0 Å². The minimum Gasteiger partial charge on any atom is -0.335 e.